The first-order valence-corrected chi connectivity index (χ1v) is 9.57. The molecule has 120 valence electrons. The van der Waals surface area contributed by atoms with Gasteiger partial charge in [-0.2, -0.15) is 0 Å². The number of pyridine rings is 1. The van der Waals surface area contributed by atoms with Crippen LogP contribution in [0.25, 0.3) is 16.2 Å². The Labute approximate surface area is 154 Å². The molecule has 0 spiro atoms. The topological polar surface area (TPSA) is 59.3 Å². The number of aryl methyl sites for hydroxylation is 1. The zero-order valence-corrected chi connectivity index (χ0v) is 15.7. The Morgan fingerprint density at radius 1 is 1.25 bits per heavy atom. The van der Waals surface area contributed by atoms with Crippen LogP contribution < -0.4 is 5.32 Å². The smallest absolute Gasteiger partial charge is 0.276 e. The number of anilines is 1. The molecule has 0 aliphatic carbocycles. The first-order chi connectivity index (χ1) is 11.6. The standard InChI is InChI=1S/C16H11BrN4OS2/c1-9-14(21-7-3-2-4-13(21)18-9)15(22)20-16-19-10(8-23-16)11-5-6-12(17)24-11/h2-8H,1H3,(H,19,20,22). The molecule has 4 rings (SSSR count). The lowest BCUT2D eigenvalue weighted by Gasteiger charge is -2.02. The molecule has 24 heavy (non-hydrogen) atoms. The van der Waals surface area contributed by atoms with E-state index in [1.54, 1.807) is 15.7 Å². The fraction of sp³-hybridized carbons (Fsp3) is 0.0625. The molecule has 0 radical (unpaired) electrons. The monoisotopic (exact) mass is 418 g/mol. The second kappa shape index (κ2) is 6.12. The lowest BCUT2D eigenvalue weighted by atomic mass is 10.3. The van der Waals surface area contributed by atoms with E-state index in [9.17, 15) is 4.79 Å². The fourth-order valence-corrected chi connectivity index (χ4v) is 4.57. The third-order valence-corrected chi connectivity index (χ3v) is 5.87. The van der Waals surface area contributed by atoms with E-state index >= 15 is 0 Å². The summed E-state index contributed by atoms with van der Waals surface area (Å²) in [4.78, 5) is 22.6. The van der Waals surface area contributed by atoms with Crippen molar-refractivity contribution in [2.45, 2.75) is 6.92 Å². The van der Waals surface area contributed by atoms with Gasteiger partial charge in [0.25, 0.3) is 5.91 Å². The average molecular weight is 419 g/mol. The van der Waals surface area contributed by atoms with Crippen LogP contribution in [-0.2, 0) is 0 Å². The van der Waals surface area contributed by atoms with Crippen LogP contribution in [0.3, 0.4) is 0 Å². The van der Waals surface area contributed by atoms with Crippen molar-refractivity contribution < 1.29 is 4.79 Å². The van der Waals surface area contributed by atoms with Crippen molar-refractivity contribution in [3.05, 3.63) is 57.1 Å². The number of fused-ring (bicyclic) bond motifs is 1. The zero-order chi connectivity index (χ0) is 16.7. The Hall–Kier alpha value is -2.03. The summed E-state index contributed by atoms with van der Waals surface area (Å²) in [7, 11) is 0. The number of thiophene rings is 1. The van der Waals surface area contributed by atoms with Crippen molar-refractivity contribution >= 4 is 55.3 Å². The lowest BCUT2D eigenvalue weighted by molar-refractivity contribution is 0.102. The highest BCUT2D eigenvalue weighted by atomic mass is 79.9. The van der Waals surface area contributed by atoms with E-state index in [4.69, 9.17) is 0 Å². The largest absolute Gasteiger partial charge is 0.296 e. The van der Waals surface area contributed by atoms with E-state index in [-0.39, 0.29) is 5.91 Å². The number of carbonyl (C=O) groups excluding carboxylic acids is 1. The third-order valence-electron chi connectivity index (χ3n) is 3.47. The summed E-state index contributed by atoms with van der Waals surface area (Å²) < 4.78 is 2.84. The van der Waals surface area contributed by atoms with Gasteiger partial charge < -0.3 is 0 Å². The predicted molar refractivity (Wildman–Crippen MR) is 101 cm³/mol. The maximum atomic E-state index is 12.6. The third kappa shape index (κ3) is 2.77. The van der Waals surface area contributed by atoms with Gasteiger partial charge in [-0.25, -0.2) is 9.97 Å². The first-order valence-electron chi connectivity index (χ1n) is 7.08. The number of nitrogens with one attached hydrogen (secondary N) is 1. The van der Waals surface area contributed by atoms with E-state index in [0.717, 1.165) is 20.0 Å². The van der Waals surface area contributed by atoms with Crippen LogP contribution in [0.15, 0.2) is 45.7 Å². The highest BCUT2D eigenvalue weighted by Gasteiger charge is 2.18. The molecule has 0 aliphatic rings. The predicted octanol–water partition coefficient (Wildman–Crippen LogP) is 4.84. The molecule has 4 aromatic rings. The fourth-order valence-electron chi connectivity index (χ4n) is 2.44. The maximum absolute atomic E-state index is 12.6. The van der Waals surface area contributed by atoms with Gasteiger partial charge in [-0.1, -0.05) is 6.07 Å². The van der Waals surface area contributed by atoms with Crippen LogP contribution >= 0.6 is 38.6 Å². The summed E-state index contributed by atoms with van der Waals surface area (Å²) in [5, 5.41) is 5.39. The van der Waals surface area contributed by atoms with Crippen molar-refractivity contribution in [3.63, 3.8) is 0 Å². The summed E-state index contributed by atoms with van der Waals surface area (Å²) in [6.07, 6.45) is 1.83. The van der Waals surface area contributed by atoms with Gasteiger partial charge in [-0.05, 0) is 47.1 Å². The minimum atomic E-state index is -0.209. The van der Waals surface area contributed by atoms with Gasteiger partial charge in [0.1, 0.15) is 11.3 Å². The van der Waals surface area contributed by atoms with E-state index < -0.39 is 0 Å². The summed E-state index contributed by atoms with van der Waals surface area (Å²) in [5.41, 5.74) is 2.84. The van der Waals surface area contributed by atoms with E-state index in [1.807, 2.05) is 48.8 Å². The van der Waals surface area contributed by atoms with Gasteiger partial charge in [-0.15, -0.1) is 22.7 Å². The Balaban J connectivity index is 1.62. The summed E-state index contributed by atoms with van der Waals surface area (Å²) in [5.74, 6) is -0.209. The number of halogens is 1. The highest BCUT2D eigenvalue weighted by Crippen LogP contribution is 2.33. The molecule has 0 aromatic carbocycles. The molecule has 5 nitrogen and oxygen atoms in total. The second-order valence-corrected chi connectivity index (χ2v) is 8.39. The molecule has 0 atom stereocenters. The lowest BCUT2D eigenvalue weighted by Crippen LogP contribution is -2.15. The molecule has 4 aromatic heterocycles. The number of hydrogen-bond acceptors (Lipinski definition) is 5. The molecule has 1 N–H and O–H groups in total. The van der Waals surface area contributed by atoms with Crippen LogP contribution in [0.1, 0.15) is 16.2 Å². The molecule has 0 unspecified atom stereocenters. The molecule has 0 saturated carbocycles. The van der Waals surface area contributed by atoms with Gasteiger partial charge in [-0.3, -0.25) is 14.5 Å². The number of aromatic nitrogens is 3. The van der Waals surface area contributed by atoms with Crippen molar-refractivity contribution in [1.82, 2.24) is 14.4 Å². The molecule has 0 fully saturated rings. The van der Waals surface area contributed by atoms with E-state index in [0.29, 0.717) is 16.5 Å². The number of imidazole rings is 1. The van der Waals surface area contributed by atoms with Crippen molar-refractivity contribution in [2.24, 2.45) is 0 Å². The molecule has 8 heteroatoms. The van der Waals surface area contributed by atoms with Gasteiger partial charge in [0, 0.05) is 11.6 Å². The molecular formula is C16H11BrN4OS2. The van der Waals surface area contributed by atoms with Gasteiger partial charge >= 0.3 is 0 Å². The maximum Gasteiger partial charge on any atom is 0.276 e. The number of nitrogens with zero attached hydrogens (tertiary/aromatic N) is 3. The number of hydrogen-bond donors (Lipinski definition) is 1. The minimum Gasteiger partial charge on any atom is -0.296 e. The van der Waals surface area contributed by atoms with E-state index in [2.05, 4.69) is 31.2 Å². The van der Waals surface area contributed by atoms with Crippen molar-refractivity contribution in [2.75, 3.05) is 5.32 Å². The SMILES string of the molecule is Cc1nc2ccccn2c1C(=O)Nc1nc(-c2ccc(Br)s2)cs1. The second-order valence-electron chi connectivity index (χ2n) is 5.07. The van der Waals surface area contributed by atoms with Crippen LogP contribution in [0, 0.1) is 6.92 Å². The van der Waals surface area contributed by atoms with Crippen LogP contribution in [0.4, 0.5) is 5.13 Å². The molecule has 4 heterocycles. The number of carbonyl (C=O) groups is 1. The number of amides is 1. The molecule has 1 amide bonds. The van der Waals surface area contributed by atoms with Crippen LogP contribution in [0.2, 0.25) is 0 Å². The summed E-state index contributed by atoms with van der Waals surface area (Å²) in [6.45, 7) is 1.83. The van der Waals surface area contributed by atoms with Crippen molar-refractivity contribution in [3.8, 4) is 10.6 Å². The normalized spacial score (nSPS) is 11.1. The van der Waals surface area contributed by atoms with Crippen LogP contribution in [-0.4, -0.2) is 20.3 Å². The average Bonchev–Trinajstić information content (AvgIpc) is 3.24. The Morgan fingerprint density at radius 3 is 2.92 bits per heavy atom. The quantitative estimate of drug-likeness (QED) is 0.517. The highest BCUT2D eigenvalue weighted by molar-refractivity contribution is 9.11. The molecule has 0 aliphatic heterocycles. The van der Waals surface area contributed by atoms with Gasteiger partial charge in [0.15, 0.2) is 5.13 Å². The summed E-state index contributed by atoms with van der Waals surface area (Å²) in [6, 6.07) is 9.64. The first kappa shape index (κ1) is 15.5. The molecule has 0 saturated heterocycles. The van der Waals surface area contributed by atoms with Crippen LogP contribution in [0.5, 0.6) is 0 Å². The van der Waals surface area contributed by atoms with Gasteiger partial charge in [0.05, 0.1) is 20.1 Å². The number of rotatable bonds is 3. The minimum absolute atomic E-state index is 0.209. The van der Waals surface area contributed by atoms with E-state index in [1.165, 1.54) is 11.3 Å². The Morgan fingerprint density at radius 2 is 2.12 bits per heavy atom. The number of thiazole rings is 1. The van der Waals surface area contributed by atoms with Crippen molar-refractivity contribution in [1.29, 1.82) is 0 Å². The zero-order valence-electron chi connectivity index (χ0n) is 12.5. The summed E-state index contributed by atoms with van der Waals surface area (Å²) >= 11 is 6.47. The molecular weight excluding hydrogens is 408 g/mol. The Bertz CT molecular complexity index is 1050. The van der Waals surface area contributed by atoms with Gasteiger partial charge in [0.2, 0.25) is 0 Å². The molecule has 0 bridgehead atoms. The Kier molecular flexibility index (Phi) is 3.95.